The molecule has 9 atom stereocenters. The van der Waals surface area contributed by atoms with Crippen LogP contribution in [0.5, 0.6) is 0 Å². The molecule has 2 N–H and O–H groups in total. The number of rotatable bonds is 6. The molecule has 174 valence electrons. The van der Waals surface area contributed by atoms with E-state index in [0.29, 0.717) is 42.8 Å². The highest BCUT2D eigenvalue weighted by atomic mass is 16.3. The molecule has 4 nitrogen and oxygen atoms in total. The van der Waals surface area contributed by atoms with Gasteiger partial charge in [0.2, 0.25) is 0 Å². The van der Waals surface area contributed by atoms with Gasteiger partial charge in [0.1, 0.15) is 11.6 Å². The third-order valence-electron chi connectivity index (χ3n) is 10.2. The monoisotopic (exact) mass is 430 g/mol. The van der Waals surface area contributed by atoms with Gasteiger partial charge in [0.15, 0.2) is 0 Å². The SMILES string of the molecule is C[C@@H](CO)CCC(=O)[C@H](C)[C@H]1C(=O)C[C@H]2[C@@H]3CC=C4C[C@@H](O)CC[C@]4(C)[C@@H]3CC[C@]12C. The van der Waals surface area contributed by atoms with Crippen molar-refractivity contribution in [3.8, 4) is 0 Å². The van der Waals surface area contributed by atoms with Crippen LogP contribution in [0.4, 0.5) is 0 Å². The predicted molar refractivity (Wildman–Crippen MR) is 121 cm³/mol. The van der Waals surface area contributed by atoms with Crippen LogP contribution in [0.1, 0.15) is 85.5 Å². The smallest absolute Gasteiger partial charge is 0.137 e. The number of Topliss-reactive ketones (excluding diaryl/α,β-unsaturated/α-hetero) is 2. The van der Waals surface area contributed by atoms with Gasteiger partial charge in [-0.1, -0.05) is 39.3 Å². The van der Waals surface area contributed by atoms with Gasteiger partial charge in [0.05, 0.1) is 6.10 Å². The Balaban J connectivity index is 1.54. The highest BCUT2D eigenvalue weighted by Crippen LogP contribution is 2.66. The van der Waals surface area contributed by atoms with Gasteiger partial charge in [-0.15, -0.1) is 0 Å². The van der Waals surface area contributed by atoms with E-state index < -0.39 is 0 Å². The van der Waals surface area contributed by atoms with E-state index in [0.717, 1.165) is 38.5 Å². The first-order valence-corrected chi connectivity index (χ1v) is 12.7. The largest absolute Gasteiger partial charge is 0.396 e. The van der Waals surface area contributed by atoms with E-state index in [1.54, 1.807) is 0 Å². The standard InChI is InChI=1S/C27H42O4/c1-16(15-28)5-8-23(30)17(2)25-24(31)14-22-20-7-6-18-13-19(29)9-11-26(18,3)21(20)10-12-27(22,25)4/h6,16-17,19-22,25,28-29H,5,7-15H2,1-4H3/t16-,17+,19+,20-,21-,22+,25+,26+,27+/m1/s1. The Hall–Kier alpha value is -1.00. The van der Waals surface area contributed by atoms with Crippen molar-refractivity contribution in [3.05, 3.63) is 11.6 Å². The lowest BCUT2D eigenvalue weighted by atomic mass is 9.47. The minimum Gasteiger partial charge on any atom is -0.396 e. The molecule has 0 aromatic rings. The average Bonchev–Trinajstić information content (AvgIpc) is 3.01. The highest BCUT2D eigenvalue weighted by Gasteiger charge is 2.62. The molecule has 0 unspecified atom stereocenters. The van der Waals surface area contributed by atoms with E-state index in [1.165, 1.54) is 5.57 Å². The summed E-state index contributed by atoms with van der Waals surface area (Å²) in [6, 6.07) is 0. The van der Waals surface area contributed by atoms with Crippen LogP contribution in [0.3, 0.4) is 0 Å². The molecule has 0 bridgehead atoms. The Morgan fingerprint density at radius 1 is 1.16 bits per heavy atom. The fraction of sp³-hybridized carbons (Fsp3) is 0.852. The van der Waals surface area contributed by atoms with Gasteiger partial charge in [0, 0.05) is 31.3 Å². The van der Waals surface area contributed by atoms with E-state index in [2.05, 4.69) is 19.9 Å². The minimum absolute atomic E-state index is 0.0776. The van der Waals surface area contributed by atoms with Crippen LogP contribution in [-0.2, 0) is 9.59 Å². The summed E-state index contributed by atoms with van der Waals surface area (Å²) in [6.45, 7) is 8.77. The Labute approximate surface area is 187 Å². The van der Waals surface area contributed by atoms with Crippen molar-refractivity contribution in [3.63, 3.8) is 0 Å². The lowest BCUT2D eigenvalue weighted by Gasteiger charge is -2.58. The van der Waals surface area contributed by atoms with Gasteiger partial charge >= 0.3 is 0 Å². The molecule has 3 saturated carbocycles. The van der Waals surface area contributed by atoms with E-state index >= 15 is 0 Å². The molecular formula is C27H42O4. The quantitative estimate of drug-likeness (QED) is 0.598. The molecule has 31 heavy (non-hydrogen) atoms. The van der Waals surface area contributed by atoms with Gasteiger partial charge < -0.3 is 10.2 Å². The van der Waals surface area contributed by atoms with Gasteiger partial charge in [-0.05, 0) is 79.4 Å². The third-order valence-corrected chi connectivity index (χ3v) is 10.2. The number of carbonyl (C=O) groups is 2. The highest BCUT2D eigenvalue weighted by molar-refractivity contribution is 5.92. The Kier molecular flexibility index (Phi) is 6.28. The number of hydrogen-bond donors (Lipinski definition) is 2. The van der Waals surface area contributed by atoms with Crippen LogP contribution in [0.15, 0.2) is 11.6 Å². The lowest BCUT2D eigenvalue weighted by Crippen LogP contribution is -2.51. The van der Waals surface area contributed by atoms with Crippen LogP contribution in [-0.4, -0.2) is 34.5 Å². The van der Waals surface area contributed by atoms with Crippen molar-refractivity contribution < 1.29 is 19.8 Å². The average molecular weight is 431 g/mol. The topological polar surface area (TPSA) is 74.6 Å². The van der Waals surface area contributed by atoms with Crippen molar-refractivity contribution in [1.82, 2.24) is 0 Å². The number of allylic oxidation sites excluding steroid dienone is 1. The van der Waals surface area contributed by atoms with Crippen LogP contribution in [0.25, 0.3) is 0 Å². The van der Waals surface area contributed by atoms with E-state index in [9.17, 15) is 19.8 Å². The molecule has 0 saturated heterocycles. The lowest BCUT2D eigenvalue weighted by molar-refractivity contribution is -0.134. The maximum atomic E-state index is 13.3. The Bertz CT molecular complexity index is 756. The molecule has 0 aliphatic heterocycles. The number of aliphatic hydroxyl groups excluding tert-OH is 2. The summed E-state index contributed by atoms with van der Waals surface area (Å²) in [5.74, 6) is 1.75. The Morgan fingerprint density at radius 3 is 2.61 bits per heavy atom. The number of ketones is 2. The second-order valence-corrected chi connectivity index (χ2v) is 11.9. The zero-order chi connectivity index (χ0) is 22.6. The second-order valence-electron chi connectivity index (χ2n) is 11.9. The normalized spacial score (nSPS) is 44.0. The molecule has 4 aliphatic rings. The molecule has 0 heterocycles. The molecule has 0 aromatic carbocycles. The zero-order valence-corrected chi connectivity index (χ0v) is 19.9. The van der Waals surface area contributed by atoms with Gasteiger partial charge in [0.25, 0.3) is 0 Å². The number of carbonyl (C=O) groups excluding carboxylic acids is 2. The van der Waals surface area contributed by atoms with E-state index in [-0.39, 0.29) is 47.1 Å². The summed E-state index contributed by atoms with van der Waals surface area (Å²) >= 11 is 0. The van der Waals surface area contributed by atoms with Crippen LogP contribution >= 0.6 is 0 Å². The number of hydrogen-bond acceptors (Lipinski definition) is 4. The fourth-order valence-electron chi connectivity index (χ4n) is 8.22. The summed E-state index contributed by atoms with van der Waals surface area (Å²) in [6.07, 6.45) is 9.96. The van der Waals surface area contributed by atoms with Gasteiger partial charge in [-0.3, -0.25) is 9.59 Å². The first-order valence-electron chi connectivity index (χ1n) is 12.7. The summed E-state index contributed by atoms with van der Waals surface area (Å²) in [7, 11) is 0. The molecule has 0 spiro atoms. The predicted octanol–water partition coefficient (Wildman–Crippen LogP) is 4.72. The minimum atomic E-state index is -0.222. The van der Waals surface area contributed by atoms with Crippen molar-refractivity contribution >= 4 is 11.6 Å². The molecule has 4 rings (SSSR count). The second kappa shape index (κ2) is 8.41. The van der Waals surface area contributed by atoms with Crippen molar-refractivity contribution in [2.45, 2.75) is 91.6 Å². The first-order chi connectivity index (χ1) is 14.6. The van der Waals surface area contributed by atoms with Crippen LogP contribution < -0.4 is 0 Å². The van der Waals surface area contributed by atoms with Crippen LogP contribution in [0, 0.1) is 46.3 Å². The van der Waals surface area contributed by atoms with E-state index in [1.807, 2.05) is 13.8 Å². The Morgan fingerprint density at radius 2 is 1.90 bits per heavy atom. The van der Waals surface area contributed by atoms with Crippen molar-refractivity contribution in [1.29, 1.82) is 0 Å². The molecule has 0 aromatic heterocycles. The maximum absolute atomic E-state index is 13.3. The van der Waals surface area contributed by atoms with Crippen molar-refractivity contribution in [2.24, 2.45) is 46.3 Å². The fourth-order valence-corrected chi connectivity index (χ4v) is 8.22. The van der Waals surface area contributed by atoms with Gasteiger partial charge in [-0.25, -0.2) is 0 Å². The number of fused-ring (bicyclic) bond motifs is 5. The summed E-state index contributed by atoms with van der Waals surface area (Å²) in [5.41, 5.74) is 1.55. The van der Waals surface area contributed by atoms with Crippen molar-refractivity contribution in [2.75, 3.05) is 6.61 Å². The first kappa shape index (κ1) is 23.2. The molecule has 0 amide bonds. The molecule has 0 radical (unpaired) electrons. The molecule has 4 aliphatic carbocycles. The van der Waals surface area contributed by atoms with Gasteiger partial charge in [-0.2, -0.15) is 0 Å². The maximum Gasteiger partial charge on any atom is 0.137 e. The summed E-state index contributed by atoms with van der Waals surface area (Å²) in [4.78, 5) is 26.3. The molecule has 4 heteroatoms. The van der Waals surface area contributed by atoms with Crippen LogP contribution in [0.2, 0.25) is 0 Å². The molecular weight excluding hydrogens is 388 g/mol. The summed E-state index contributed by atoms with van der Waals surface area (Å²) < 4.78 is 0. The number of aliphatic hydroxyl groups is 2. The zero-order valence-electron chi connectivity index (χ0n) is 19.9. The summed E-state index contributed by atoms with van der Waals surface area (Å²) in [5, 5.41) is 19.5. The van der Waals surface area contributed by atoms with E-state index in [4.69, 9.17) is 0 Å². The third kappa shape index (κ3) is 3.76. The molecule has 3 fully saturated rings.